The van der Waals surface area contributed by atoms with Gasteiger partial charge in [-0.2, -0.15) is 0 Å². The summed E-state index contributed by atoms with van der Waals surface area (Å²) in [6.45, 7) is 2.92. The van der Waals surface area contributed by atoms with E-state index in [4.69, 9.17) is 0 Å². The van der Waals surface area contributed by atoms with Gasteiger partial charge in [0.25, 0.3) is 5.91 Å². The molecule has 0 saturated heterocycles. The molecule has 1 saturated carbocycles. The van der Waals surface area contributed by atoms with Crippen LogP contribution in [0.4, 0.5) is 0 Å². The van der Waals surface area contributed by atoms with E-state index in [1.807, 2.05) is 36.4 Å². The normalized spacial score (nSPS) is 17.5. The van der Waals surface area contributed by atoms with Crippen LogP contribution in [0.2, 0.25) is 0 Å². The Labute approximate surface area is 189 Å². The summed E-state index contributed by atoms with van der Waals surface area (Å²) in [7, 11) is 0. The smallest absolute Gasteiger partial charge is 0.270 e. The molecule has 32 heavy (non-hydrogen) atoms. The molecule has 1 amide bonds. The van der Waals surface area contributed by atoms with E-state index in [2.05, 4.69) is 22.2 Å². The summed E-state index contributed by atoms with van der Waals surface area (Å²) in [4.78, 5) is 34.0. The molecule has 2 aromatic rings. The van der Waals surface area contributed by atoms with Crippen molar-refractivity contribution in [3.63, 3.8) is 0 Å². The maximum absolute atomic E-state index is 12.6. The average Bonchev–Trinajstić information content (AvgIpc) is 3.40. The number of amides is 1. The fraction of sp³-hybridized carbons (Fsp3) is 0.462. The van der Waals surface area contributed by atoms with Gasteiger partial charge in [0.2, 0.25) is 0 Å². The number of hydrogen-bond donors (Lipinski definition) is 2. The number of nitrogens with one attached hydrogen (secondary N) is 1. The van der Waals surface area contributed by atoms with Crippen LogP contribution in [0.1, 0.15) is 73.8 Å². The molecule has 2 N–H and O–H groups in total. The van der Waals surface area contributed by atoms with Gasteiger partial charge in [-0.3, -0.25) is 19.6 Å². The lowest BCUT2D eigenvalue weighted by Gasteiger charge is -2.21. The van der Waals surface area contributed by atoms with Gasteiger partial charge in [0.05, 0.1) is 12.1 Å². The monoisotopic (exact) mass is 433 g/mol. The van der Waals surface area contributed by atoms with Gasteiger partial charge >= 0.3 is 0 Å². The molecule has 2 heterocycles. The van der Waals surface area contributed by atoms with Crippen molar-refractivity contribution in [3.8, 4) is 0 Å². The molecule has 0 bridgehead atoms. The molecule has 6 nitrogen and oxygen atoms in total. The molecule has 0 radical (unpaired) electrons. The Kier molecular flexibility index (Phi) is 6.80. The summed E-state index contributed by atoms with van der Waals surface area (Å²) >= 11 is 0. The van der Waals surface area contributed by atoms with Gasteiger partial charge < -0.3 is 10.4 Å². The Morgan fingerprint density at radius 1 is 1.19 bits per heavy atom. The third-order valence-electron chi connectivity index (χ3n) is 6.61. The van der Waals surface area contributed by atoms with E-state index in [1.165, 1.54) is 0 Å². The van der Waals surface area contributed by atoms with Crippen molar-refractivity contribution in [2.75, 3.05) is 6.54 Å². The van der Waals surface area contributed by atoms with E-state index in [0.29, 0.717) is 37.3 Å². The molecular formula is C26H31N3O3. The van der Waals surface area contributed by atoms with Crippen molar-refractivity contribution in [2.45, 2.75) is 69.9 Å². The van der Waals surface area contributed by atoms with Crippen LogP contribution in [0.3, 0.4) is 0 Å². The quantitative estimate of drug-likeness (QED) is 0.633. The van der Waals surface area contributed by atoms with Crippen LogP contribution in [0.5, 0.6) is 0 Å². The second-order valence-electron chi connectivity index (χ2n) is 9.17. The Morgan fingerprint density at radius 3 is 2.69 bits per heavy atom. The van der Waals surface area contributed by atoms with Crippen molar-refractivity contribution < 1.29 is 14.7 Å². The lowest BCUT2D eigenvalue weighted by atomic mass is 9.94. The largest absolute Gasteiger partial charge is 0.390 e. The fourth-order valence-electron chi connectivity index (χ4n) is 4.72. The van der Waals surface area contributed by atoms with Gasteiger partial charge in [0, 0.05) is 36.8 Å². The number of carbonyl (C=O) groups is 2. The van der Waals surface area contributed by atoms with E-state index < -0.39 is 5.60 Å². The molecule has 0 unspecified atom stereocenters. The molecule has 4 rings (SSSR count). The third-order valence-corrected chi connectivity index (χ3v) is 6.61. The van der Waals surface area contributed by atoms with Gasteiger partial charge in [-0.25, -0.2) is 0 Å². The number of rotatable bonds is 9. The number of aliphatic imine (C=N–C) groups is 1. The number of Topliss-reactive ketones (excluding diaryl/α,β-unsaturated/α-hetero) is 1. The number of ketones is 1. The van der Waals surface area contributed by atoms with Crippen molar-refractivity contribution in [1.82, 2.24) is 10.3 Å². The Hall–Kier alpha value is -2.86. The topological polar surface area (TPSA) is 91.7 Å². The zero-order chi connectivity index (χ0) is 22.6. The van der Waals surface area contributed by atoms with E-state index in [0.717, 1.165) is 42.4 Å². The van der Waals surface area contributed by atoms with Crippen LogP contribution < -0.4 is 5.32 Å². The summed E-state index contributed by atoms with van der Waals surface area (Å²) < 4.78 is 0. The summed E-state index contributed by atoms with van der Waals surface area (Å²) in [5.41, 5.74) is 3.29. The van der Waals surface area contributed by atoms with Gasteiger partial charge in [0.1, 0.15) is 11.5 Å². The van der Waals surface area contributed by atoms with E-state index in [1.54, 1.807) is 6.20 Å². The highest BCUT2D eigenvalue weighted by Crippen LogP contribution is 2.31. The Bertz CT molecular complexity index is 1010. The molecule has 168 valence electrons. The molecule has 1 atom stereocenters. The first-order valence-electron chi connectivity index (χ1n) is 11.5. The molecule has 1 aliphatic heterocycles. The summed E-state index contributed by atoms with van der Waals surface area (Å²) in [5, 5.41) is 13.3. The van der Waals surface area contributed by atoms with Crippen LogP contribution in [0, 0.1) is 0 Å². The van der Waals surface area contributed by atoms with Gasteiger partial charge in [0.15, 0.2) is 0 Å². The minimum absolute atomic E-state index is 0.149. The fourth-order valence-corrected chi connectivity index (χ4v) is 4.72. The minimum Gasteiger partial charge on any atom is -0.390 e. The van der Waals surface area contributed by atoms with Crippen LogP contribution in [0.15, 0.2) is 47.6 Å². The summed E-state index contributed by atoms with van der Waals surface area (Å²) in [6, 6.07) is 11.9. The van der Waals surface area contributed by atoms with E-state index in [-0.39, 0.29) is 24.0 Å². The molecule has 1 aliphatic carbocycles. The van der Waals surface area contributed by atoms with Gasteiger partial charge in [-0.05, 0) is 42.4 Å². The van der Waals surface area contributed by atoms with Crippen LogP contribution in [-0.4, -0.2) is 39.6 Å². The van der Waals surface area contributed by atoms with Crippen LogP contribution in [-0.2, 0) is 22.6 Å². The van der Waals surface area contributed by atoms with Crippen molar-refractivity contribution in [3.05, 3.63) is 65.0 Å². The maximum Gasteiger partial charge on any atom is 0.270 e. The first kappa shape index (κ1) is 22.3. The SMILES string of the molecule is C[C@@H](CC(=O)Cc1cc2c(cn1)C(C(=O)NCCC1(O)CCCC1)=NC2)c1ccccc1. The van der Waals surface area contributed by atoms with E-state index >= 15 is 0 Å². The highest BCUT2D eigenvalue weighted by atomic mass is 16.3. The number of benzene rings is 1. The number of carbonyl (C=O) groups excluding carboxylic acids is 2. The van der Waals surface area contributed by atoms with Crippen LogP contribution >= 0.6 is 0 Å². The number of nitrogens with zero attached hydrogens (tertiary/aromatic N) is 2. The number of fused-ring (bicyclic) bond motifs is 1. The summed E-state index contributed by atoms with van der Waals surface area (Å²) in [6.07, 6.45) is 6.70. The highest BCUT2D eigenvalue weighted by molar-refractivity contribution is 6.46. The lowest BCUT2D eigenvalue weighted by molar-refractivity contribution is -0.119. The molecule has 1 aromatic carbocycles. The maximum atomic E-state index is 12.6. The number of aromatic nitrogens is 1. The first-order valence-corrected chi connectivity index (χ1v) is 11.5. The predicted octanol–water partition coefficient (Wildman–Crippen LogP) is 3.50. The second-order valence-corrected chi connectivity index (χ2v) is 9.17. The Morgan fingerprint density at radius 2 is 1.94 bits per heavy atom. The highest BCUT2D eigenvalue weighted by Gasteiger charge is 2.31. The molecule has 0 spiro atoms. The van der Waals surface area contributed by atoms with Crippen LogP contribution in [0.25, 0.3) is 0 Å². The summed E-state index contributed by atoms with van der Waals surface area (Å²) in [5.74, 6) is 0.0854. The molecule has 2 aliphatic rings. The molecule has 1 aromatic heterocycles. The Balaban J connectivity index is 1.30. The number of aliphatic hydroxyl groups is 1. The average molecular weight is 434 g/mol. The van der Waals surface area contributed by atoms with Crippen molar-refractivity contribution in [1.29, 1.82) is 0 Å². The zero-order valence-corrected chi connectivity index (χ0v) is 18.6. The molecule has 1 fully saturated rings. The van der Waals surface area contributed by atoms with Gasteiger partial charge in [-0.15, -0.1) is 0 Å². The minimum atomic E-state index is -0.635. The second kappa shape index (κ2) is 9.74. The standard InChI is InChI=1S/C26H31N3O3/c1-18(19-7-3-2-4-8-19)13-22(30)15-21-14-20-16-29-24(23(20)17-28-21)25(31)27-12-11-26(32)9-5-6-10-26/h2-4,7-8,14,17-18,32H,5-6,9-13,15-16H2,1H3,(H,27,31)/t18-/m0/s1. The van der Waals surface area contributed by atoms with Crippen molar-refractivity contribution >= 4 is 17.4 Å². The number of hydrogen-bond acceptors (Lipinski definition) is 5. The predicted molar refractivity (Wildman–Crippen MR) is 124 cm³/mol. The lowest BCUT2D eigenvalue weighted by Crippen LogP contribution is -2.36. The number of pyridine rings is 1. The zero-order valence-electron chi connectivity index (χ0n) is 18.6. The molecule has 6 heteroatoms. The first-order chi connectivity index (χ1) is 15.4. The van der Waals surface area contributed by atoms with Crippen molar-refractivity contribution in [2.24, 2.45) is 4.99 Å². The van der Waals surface area contributed by atoms with Gasteiger partial charge in [-0.1, -0.05) is 50.1 Å². The van der Waals surface area contributed by atoms with E-state index in [9.17, 15) is 14.7 Å². The third kappa shape index (κ3) is 5.30. The molecular weight excluding hydrogens is 402 g/mol.